The maximum Gasteiger partial charge on any atom is 0.224 e. The fourth-order valence-corrected chi connectivity index (χ4v) is 1.64. The summed E-state index contributed by atoms with van der Waals surface area (Å²) < 4.78 is 1.80. The molecule has 0 aliphatic carbocycles. The lowest BCUT2D eigenvalue weighted by molar-refractivity contribution is 0.720. The number of anilines is 2. The average molecular weight is 267 g/mol. The van der Waals surface area contributed by atoms with E-state index >= 15 is 0 Å². The minimum atomic E-state index is 0.499. The molecular weight excluding hydrogens is 252 g/mol. The van der Waals surface area contributed by atoms with Crippen molar-refractivity contribution in [2.75, 3.05) is 17.2 Å². The van der Waals surface area contributed by atoms with Crippen molar-refractivity contribution in [2.45, 2.75) is 13.5 Å². The fraction of sp³-hybridized carbons (Fsp3) is 0.364. The third kappa shape index (κ3) is 2.89. The standard InChI is InChI=1S/C11H15ClN6/c1-3-13-11-15-7-9(12)10(17-11)14-6-8-4-5-16-18(8)2/h4-5,7H,3,6H2,1-2H3,(H2,13,14,15,17). The Morgan fingerprint density at radius 2 is 2.22 bits per heavy atom. The number of hydrogen-bond acceptors (Lipinski definition) is 5. The first-order valence-electron chi connectivity index (χ1n) is 5.68. The van der Waals surface area contributed by atoms with Crippen LogP contribution in [0.5, 0.6) is 0 Å². The molecule has 96 valence electrons. The van der Waals surface area contributed by atoms with Crippen LogP contribution in [0.25, 0.3) is 0 Å². The van der Waals surface area contributed by atoms with Gasteiger partial charge in [0.15, 0.2) is 5.82 Å². The topological polar surface area (TPSA) is 67.7 Å². The highest BCUT2D eigenvalue weighted by Crippen LogP contribution is 2.19. The molecule has 0 aliphatic rings. The van der Waals surface area contributed by atoms with Crippen molar-refractivity contribution in [3.8, 4) is 0 Å². The van der Waals surface area contributed by atoms with Crippen LogP contribution in [0.3, 0.4) is 0 Å². The smallest absolute Gasteiger partial charge is 0.224 e. The Kier molecular flexibility index (Phi) is 3.99. The van der Waals surface area contributed by atoms with Gasteiger partial charge in [0.1, 0.15) is 5.02 Å². The molecule has 0 bridgehead atoms. The number of rotatable bonds is 5. The molecule has 0 saturated carbocycles. The van der Waals surface area contributed by atoms with Gasteiger partial charge >= 0.3 is 0 Å². The van der Waals surface area contributed by atoms with E-state index in [9.17, 15) is 0 Å². The van der Waals surface area contributed by atoms with Gasteiger partial charge in [0, 0.05) is 19.8 Å². The SMILES string of the molecule is CCNc1ncc(Cl)c(NCc2ccnn2C)n1. The second-order valence-electron chi connectivity index (χ2n) is 3.72. The molecule has 0 atom stereocenters. The van der Waals surface area contributed by atoms with Crippen molar-refractivity contribution < 1.29 is 0 Å². The van der Waals surface area contributed by atoms with Crippen molar-refractivity contribution in [1.29, 1.82) is 0 Å². The quantitative estimate of drug-likeness (QED) is 0.865. The van der Waals surface area contributed by atoms with Crippen molar-refractivity contribution >= 4 is 23.4 Å². The summed E-state index contributed by atoms with van der Waals surface area (Å²) in [5.74, 6) is 1.18. The van der Waals surface area contributed by atoms with Crippen LogP contribution in [0.2, 0.25) is 5.02 Å². The second kappa shape index (κ2) is 5.68. The zero-order valence-electron chi connectivity index (χ0n) is 10.3. The lowest BCUT2D eigenvalue weighted by Gasteiger charge is -2.09. The molecule has 7 heteroatoms. The summed E-state index contributed by atoms with van der Waals surface area (Å²) in [6, 6.07) is 1.94. The van der Waals surface area contributed by atoms with Crippen LogP contribution in [0, 0.1) is 0 Å². The molecule has 6 nitrogen and oxygen atoms in total. The molecule has 0 spiro atoms. The summed E-state index contributed by atoms with van der Waals surface area (Å²) in [7, 11) is 1.89. The first-order valence-corrected chi connectivity index (χ1v) is 6.05. The maximum atomic E-state index is 6.04. The molecule has 0 amide bonds. The number of nitrogens with zero attached hydrogens (tertiary/aromatic N) is 4. The van der Waals surface area contributed by atoms with Gasteiger partial charge in [0.05, 0.1) is 18.4 Å². The normalized spacial score (nSPS) is 10.4. The number of aryl methyl sites for hydroxylation is 1. The summed E-state index contributed by atoms with van der Waals surface area (Å²) in [5.41, 5.74) is 1.05. The molecule has 0 saturated heterocycles. The molecule has 0 unspecified atom stereocenters. The minimum absolute atomic E-state index is 0.499. The number of nitrogens with one attached hydrogen (secondary N) is 2. The van der Waals surface area contributed by atoms with Crippen molar-refractivity contribution in [1.82, 2.24) is 19.7 Å². The van der Waals surface area contributed by atoms with E-state index in [1.54, 1.807) is 17.1 Å². The van der Waals surface area contributed by atoms with E-state index in [1.165, 1.54) is 0 Å². The summed E-state index contributed by atoms with van der Waals surface area (Å²) in [6.45, 7) is 3.36. The highest BCUT2D eigenvalue weighted by atomic mass is 35.5. The summed E-state index contributed by atoms with van der Waals surface area (Å²) in [5, 5.41) is 10.8. The minimum Gasteiger partial charge on any atom is -0.363 e. The molecule has 0 radical (unpaired) electrons. The Bertz CT molecular complexity index is 524. The molecule has 0 aromatic carbocycles. The Labute approximate surface area is 110 Å². The Morgan fingerprint density at radius 3 is 2.89 bits per heavy atom. The molecule has 2 aromatic heterocycles. The lowest BCUT2D eigenvalue weighted by Crippen LogP contribution is -2.09. The van der Waals surface area contributed by atoms with E-state index in [1.807, 2.05) is 20.0 Å². The molecule has 18 heavy (non-hydrogen) atoms. The van der Waals surface area contributed by atoms with Gasteiger partial charge in [-0.05, 0) is 13.0 Å². The predicted molar refractivity (Wildman–Crippen MR) is 71.7 cm³/mol. The van der Waals surface area contributed by atoms with Gasteiger partial charge in [0.2, 0.25) is 5.95 Å². The van der Waals surface area contributed by atoms with Crippen molar-refractivity contribution in [3.05, 3.63) is 29.2 Å². The van der Waals surface area contributed by atoms with Crippen LogP contribution >= 0.6 is 11.6 Å². The summed E-state index contributed by atoms with van der Waals surface area (Å²) in [4.78, 5) is 8.38. The molecule has 2 heterocycles. The van der Waals surface area contributed by atoms with Crippen LogP contribution in [0.15, 0.2) is 18.5 Å². The highest BCUT2D eigenvalue weighted by molar-refractivity contribution is 6.32. The van der Waals surface area contributed by atoms with Crippen LogP contribution in [-0.4, -0.2) is 26.3 Å². The predicted octanol–water partition coefficient (Wildman–Crippen LogP) is 1.91. The first kappa shape index (κ1) is 12.6. The van der Waals surface area contributed by atoms with E-state index in [0.717, 1.165) is 12.2 Å². The molecule has 0 fully saturated rings. The zero-order valence-corrected chi connectivity index (χ0v) is 11.1. The Balaban J connectivity index is 2.08. The van der Waals surface area contributed by atoms with Crippen LogP contribution in [0.1, 0.15) is 12.6 Å². The Hall–Kier alpha value is -1.82. The maximum absolute atomic E-state index is 6.04. The van der Waals surface area contributed by atoms with Gasteiger partial charge < -0.3 is 10.6 Å². The molecule has 0 aliphatic heterocycles. The summed E-state index contributed by atoms with van der Waals surface area (Å²) in [6.07, 6.45) is 3.33. The highest BCUT2D eigenvalue weighted by Gasteiger charge is 2.05. The van der Waals surface area contributed by atoms with E-state index in [4.69, 9.17) is 11.6 Å². The number of aromatic nitrogens is 4. The van der Waals surface area contributed by atoms with Gasteiger partial charge in [-0.15, -0.1) is 0 Å². The first-order chi connectivity index (χ1) is 8.70. The fourth-order valence-electron chi connectivity index (χ4n) is 1.48. The molecule has 2 rings (SSSR count). The van der Waals surface area contributed by atoms with E-state index < -0.39 is 0 Å². The second-order valence-corrected chi connectivity index (χ2v) is 4.13. The van der Waals surface area contributed by atoms with Crippen LogP contribution in [-0.2, 0) is 13.6 Å². The van der Waals surface area contributed by atoms with E-state index in [-0.39, 0.29) is 0 Å². The molecule has 2 N–H and O–H groups in total. The third-order valence-electron chi connectivity index (χ3n) is 2.44. The van der Waals surface area contributed by atoms with Crippen LogP contribution in [0.4, 0.5) is 11.8 Å². The third-order valence-corrected chi connectivity index (χ3v) is 2.71. The van der Waals surface area contributed by atoms with Gasteiger partial charge in [-0.25, -0.2) is 4.98 Å². The summed E-state index contributed by atoms with van der Waals surface area (Å²) >= 11 is 6.04. The zero-order chi connectivity index (χ0) is 13.0. The van der Waals surface area contributed by atoms with Gasteiger partial charge in [-0.3, -0.25) is 4.68 Å². The van der Waals surface area contributed by atoms with Crippen molar-refractivity contribution in [2.24, 2.45) is 7.05 Å². The van der Waals surface area contributed by atoms with Crippen molar-refractivity contribution in [3.63, 3.8) is 0 Å². The monoisotopic (exact) mass is 266 g/mol. The average Bonchev–Trinajstić information content (AvgIpc) is 2.76. The van der Waals surface area contributed by atoms with Gasteiger partial charge in [-0.1, -0.05) is 11.6 Å². The van der Waals surface area contributed by atoms with Gasteiger partial charge in [-0.2, -0.15) is 10.1 Å². The molecule has 2 aromatic rings. The van der Waals surface area contributed by atoms with E-state index in [2.05, 4.69) is 25.7 Å². The largest absolute Gasteiger partial charge is 0.363 e. The Morgan fingerprint density at radius 1 is 1.39 bits per heavy atom. The molecular formula is C11H15ClN6. The number of halogens is 1. The number of hydrogen-bond donors (Lipinski definition) is 2. The lowest BCUT2D eigenvalue weighted by atomic mass is 10.4. The van der Waals surface area contributed by atoms with E-state index in [0.29, 0.717) is 23.3 Å². The van der Waals surface area contributed by atoms with Gasteiger partial charge in [0.25, 0.3) is 0 Å². The van der Waals surface area contributed by atoms with Crippen LogP contribution < -0.4 is 10.6 Å².